The third-order valence-electron chi connectivity index (χ3n) is 4.36. The number of hydrogen-bond acceptors (Lipinski definition) is 8. The molecule has 0 saturated carbocycles. The minimum absolute atomic E-state index is 0.251. The van der Waals surface area contributed by atoms with Crippen LogP contribution in [0.3, 0.4) is 0 Å². The van der Waals surface area contributed by atoms with Gasteiger partial charge in [-0.25, -0.2) is 15.0 Å². The number of fused-ring (bicyclic) bond motifs is 1. The Balaban J connectivity index is 2.11. The third kappa shape index (κ3) is 2.27. The lowest BCUT2D eigenvalue weighted by molar-refractivity contribution is -0.109. The molecule has 23 heavy (non-hydrogen) atoms. The molecule has 9 heteroatoms. The van der Waals surface area contributed by atoms with Gasteiger partial charge in [-0.1, -0.05) is 6.92 Å². The summed E-state index contributed by atoms with van der Waals surface area (Å²) in [6.45, 7) is 1.36. The fraction of sp³-hybridized carbons (Fsp3) is 0.643. The Kier molecular flexibility index (Phi) is 3.96. The fourth-order valence-corrected chi connectivity index (χ4v) is 3.00. The van der Waals surface area contributed by atoms with E-state index in [0.717, 1.165) is 0 Å². The Bertz CT molecular complexity index is 706. The number of hydrogen-bond donors (Lipinski definition) is 3. The Labute approximate surface area is 133 Å². The van der Waals surface area contributed by atoms with Gasteiger partial charge in [-0.05, 0) is 6.42 Å². The molecule has 3 heterocycles. The fourth-order valence-electron chi connectivity index (χ4n) is 3.00. The summed E-state index contributed by atoms with van der Waals surface area (Å²) in [6.07, 6.45) is 0.211. The van der Waals surface area contributed by atoms with Crippen LogP contribution in [0.5, 0.6) is 0 Å². The van der Waals surface area contributed by atoms with Crippen molar-refractivity contribution in [3.8, 4) is 0 Å². The summed E-state index contributed by atoms with van der Waals surface area (Å²) in [6, 6.07) is 0. The minimum atomic E-state index is -1.54. The molecule has 3 N–H and O–H groups in total. The van der Waals surface area contributed by atoms with Gasteiger partial charge < -0.3 is 25.0 Å². The molecule has 1 aliphatic rings. The zero-order valence-electron chi connectivity index (χ0n) is 13.3. The van der Waals surface area contributed by atoms with Crippen LogP contribution in [0.15, 0.2) is 12.7 Å². The first kappa shape index (κ1) is 16.1. The third-order valence-corrected chi connectivity index (χ3v) is 4.36. The number of aromatic nitrogens is 4. The van der Waals surface area contributed by atoms with Gasteiger partial charge in [0.05, 0.1) is 12.9 Å². The number of nitrogens with zero attached hydrogens (tertiary/aromatic N) is 5. The second-order valence-electron chi connectivity index (χ2n) is 5.91. The van der Waals surface area contributed by atoms with Gasteiger partial charge in [-0.3, -0.25) is 4.57 Å². The zero-order valence-corrected chi connectivity index (χ0v) is 13.3. The van der Waals surface area contributed by atoms with Gasteiger partial charge in [0, 0.05) is 14.1 Å². The van der Waals surface area contributed by atoms with E-state index in [-0.39, 0.29) is 13.0 Å². The lowest BCUT2D eigenvalue weighted by atomic mass is 9.91. The molecule has 1 aliphatic heterocycles. The Hall–Kier alpha value is -1.81. The van der Waals surface area contributed by atoms with Crippen LogP contribution in [-0.4, -0.2) is 73.3 Å². The first-order chi connectivity index (χ1) is 10.9. The van der Waals surface area contributed by atoms with E-state index in [2.05, 4.69) is 15.0 Å². The van der Waals surface area contributed by atoms with Gasteiger partial charge >= 0.3 is 0 Å². The number of rotatable bonds is 4. The van der Waals surface area contributed by atoms with Gasteiger partial charge in [0.2, 0.25) is 0 Å². The summed E-state index contributed by atoms with van der Waals surface area (Å²) < 4.78 is 7.26. The number of imidazole rings is 1. The molecule has 2 aromatic heterocycles. The molecule has 0 radical (unpaired) electrons. The molecule has 0 unspecified atom stereocenters. The first-order valence-corrected chi connectivity index (χ1v) is 7.45. The molecule has 0 spiro atoms. The van der Waals surface area contributed by atoms with E-state index in [9.17, 15) is 15.3 Å². The molecule has 3 rings (SSSR count). The lowest BCUT2D eigenvalue weighted by Crippen LogP contribution is -2.46. The maximum Gasteiger partial charge on any atom is 0.168 e. The molecular weight excluding hydrogens is 302 g/mol. The Morgan fingerprint density at radius 1 is 1.35 bits per heavy atom. The number of aliphatic hydroxyl groups excluding tert-OH is 2. The van der Waals surface area contributed by atoms with Crippen molar-refractivity contribution >= 4 is 17.0 Å². The van der Waals surface area contributed by atoms with Crippen molar-refractivity contribution in [3.05, 3.63) is 12.7 Å². The predicted molar refractivity (Wildman–Crippen MR) is 81.9 cm³/mol. The van der Waals surface area contributed by atoms with E-state index >= 15 is 0 Å². The van der Waals surface area contributed by atoms with Crippen molar-refractivity contribution in [3.63, 3.8) is 0 Å². The molecule has 1 fully saturated rings. The highest BCUT2D eigenvalue weighted by Gasteiger charge is 2.55. The van der Waals surface area contributed by atoms with Crippen LogP contribution in [0.1, 0.15) is 19.6 Å². The van der Waals surface area contributed by atoms with Crippen molar-refractivity contribution in [1.29, 1.82) is 0 Å². The van der Waals surface area contributed by atoms with Crippen LogP contribution in [0.4, 0.5) is 5.82 Å². The standard InChI is InChI=1S/C14H21N5O4/c1-4-14(22)10(21)8(5-20)23-13(14)19-7-17-9-11(18(2)3)15-6-16-12(9)19/h6-8,10,13,20-22H,4-5H2,1-3H3/t8-,10-,13-,14-/m1/s1. The van der Waals surface area contributed by atoms with Gasteiger partial charge in [-0.2, -0.15) is 0 Å². The maximum atomic E-state index is 10.9. The maximum absolute atomic E-state index is 10.9. The van der Waals surface area contributed by atoms with Gasteiger partial charge in [-0.15, -0.1) is 0 Å². The van der Waals surface area contributed by atoms with Crippen LogP contribution in [0, 0.1) is 0 Å². The molecule has 0 aliphatic carbocycles. The van der Waals surface area contributed by atoms with Crippen molar-refractivity contribution in [2.45, 2.75) is 37.4 Å². The van der Waals surface area contributed by atoms with E-state index in [4.69, 9.17) is 4.74 Å². The normalized spacial score (nSPS) is 31.0. The molecule has 2 aromatic rings. The second kappa shape index (κ2) is 5.68. The van der Waals surface area contributed by atoms with E-state index < -0.39 is 24.0 Å². The number of anilines is 1. The van der Waals surface area contributed by atoms with E-state index in [1.807, 2.05) is 19.0 Å². The van der Waals surface area contributed by atoms with Crippen molar-refractivity contribution < 1.29 is 20.1 Å². The summed E-state index contributed by atoms with van der Waals surface area (Å²) in [7, 11) is 3.70. The van der Waals surface area contributed by atoms with Crippen LogP contribution in [0.2, 0.25) is 0 Å². The second-order valence-corrected chi connectivity index (χ2v) is 5.91. The Morgan fingerprint density at radius 2 is 2.09 bits per heavy atom. The van der Waals surface area contributed by atoms with Crippen LogP contribution in [0.25, 0.3) is 11.2 Å². The summed E-state index contributed by atoms with van der Waals surface area (Å²) >= 11 is 0. The molecule has 0 amide bonds. The highest BCUT2D eigenvalue weighted by atomic mass is 16.6. The SMILES string of the molecule is CC[C@@]1(O)[C@H](O)[C@@H](CO)O[C@H]1n1cnc2c(N(C)C)ncnc21. The van der Waals surface area contributed by atoms with E-state index in [1.54, 1.807) is 11.5 Å². The molecule has 0 bridgehead atoms. The summed E-state index contributed by atoms with van der Waals surface area (Å²) in [5.74, 6) is 0.644. The Morgan fingerprint density at radius 3 is 2.70 bits per heavy atom. The summed E-state index contributed by atoms with van der Waals surface area (Å²) in [4.78, 5) is 14.6. The lowest BCUT2D eigenvalue weighted by Gasteiger charge is -2.30. The van der Waals surface area contributed by atoms with Crippen LogP contribution in [-0.2, 0) is 4.74 Å². The van der Waals surface area contributed by atoms with Crippen molar-refractivity contribution in [2.24, 2.45) is 0 Å². The zero-order chi connectivity index (χ0) is 16.8. The van der Waals surface area contributed by atoms with Crippen molar-refractivity contribution in [1.82, 2.24) is 19.5 Å². The quantitative estimate of drug-likeness (QED) is 0.675. The summed E-state index contributed by atoms with van der Waals surface area (Å²) in [5, 5.41) is 30.5. The highest BCUT2D eigenvalue weighted by Crippen LogP contribution is 2.41. The van der Waals surface area contributed by atoms with Gasteiger partial charge in [0.25, 0.3) is 0 Å². The average molecular weight is 323 g/mol. The minimum Gasteiger partial charge on any atom is -0.394 e. The number of aliphatic hydroxyl groups is 3. The van der Waals surface area contributed by atoms with Gasteiger partial charge in [0.15, 0.2) is 23.2 Å². The highest BCUT2D eigenvalue weighted by molar-refractivity contribution is 5.83. The monoisotopic (exact) mass is 323 g/mol. The molecule has 126 valence electrons. The van der Waals surface area contributed by atoms with Crippen molar-refractivity contribution in [2.75, 3.05) is 25.6 Å². The number of ether oxygens (including phenoxy) is 1. The first-order valence-electron chi connectivity index (χ1n) is 7.45. The van der Waals surface area contributed by atoms with Crippen LogP contribution >= 0.6 is 0 Å². The van der Waals surface area contributed by atoms with E-state index in [1.165, 1.54) is 12.7 Å². The molecular formula is C14H21N5O4. The molecule has 9 nitrogen and oxygen atoms in total. The topological polar surface area (TPSA) is 117 Å². The molecule has 4 atom stereocenters. The van der Waals surface area contributed by atoms with Gasteiger partial charge in [0.1, 0.15) is 24.1 Å². The molecule has 1 saturated heterocycles. The average Bonchev–Trinajstić information content (AvgIpc) is 3.07. The largest absolute Gasteiger partial charge is 0.394 e. The smallest absolute Gasteiger partial charge is 0.168 e. The molecule has 0 aromatic carbocycles. The summed E-state index contributed by atoms with van der Waals surface area (Å²) in [5.41, 5.74) is -0.475. The predicted octanol–water partition coefficient (Wildman–Crippen LogP) is -0.716. The van der Waals surface area contributed by atoms with E-state index in [0.29, 0.717) is 17.0 Å². The van der Waals surface area contributed by atoms with Crippen LogP contribution < -0.4 is 4.90 Å².